The molecule has 0 radical (unpaired) electrons. The van der Waals surface area contributed by atoms with Crippen LogP contribution in [0.15, 0.2) is 0 Å². The van der Waals surface area contributed by atoms with Crippen LogP contribution in [-0.4, -0.2) is 48.5 Å². The molecule has 0 aromatic heterocycles. The van der Waals surface area contributed by atoms with E-state index < -0.39 is 0 Å². The maximum Gasteiger partial charge on any atom is 0.310 e. The van der Waals surface area contributed by atoms with Crippen molar-refractivity contribution in [2.24, 2.45) is 5.92 Å². The molecule has 0 spiro atoms. The Bertz CT molecular complexity index is 283. The number of ether oxygens (including phenoxy) is 1. The SMILES string of the molecule is CCCCSCC(=O)N1CCCC(C(=O)OC)C1. The van der Waals surface area contributed by atoms with Gasteiger partial charge in [-0.05, 0) is 25.0 Å². The Labute approximate surface area is 113 Å². The zero-order chi connectivity index (χ0) is 13.4. The molecule has 1 heterocycles. The Balaban J connectivity index is 2.31. The molecule has 18 heavy (non-hydrogen) atoms. The van der Waals surface area contributed by atoms with Gasteiger partial charge in [0.05, 0.1) is 18.8 Å². The second kappa shape index (κ2) is 8.40. The summed E-state index contributed by atoms with van der Waals surface area (Å²) in [6, 6.07) is 0. The van der Waals surface area contributed by atoms with Crippen molar-refractivity contribution in [3.8, 4) is 0 Å². The van der Waals surface area contributed by atoms with E-state index in [0.717, 1.165) is 38.0 Å². The van der Waals surface area contributed by atoms with Gasteiger partial charge in [0.1, 0.15) is 0 Å². The number of rotatable bonds is 6. The molecule has 104 valence electrons. The van der Waals surface area contributed by atoms with E-state index in [9.17, 15) is 9.59 Å². The van der Waals surface area contributed by atoms with Gasteiger partial charge in [-0.2, -0.15) is 11.8 Å². The number of methoxy groups -OCH3 is 1. The van der Waals surface area contributed by atoms with Gasteiger partial charge < -0.3 is 9.64 Å². The second-order valence-electron chi connectivity index (χ2n) is 4.61. The summed E-state index contributed by atoms with van der Waals surface area (Å²) in [7, 11) is 1.41. The standard InChI is InChI=1S/C13H23NO3S/c1-3-4-8-18-10-12(15)14-7-5-6-11(9-14)13(16)17-2/h11H,3-10H2,1-2H3. The monoisotopic (exact) mass is 273 g/mol. The first-order valence-corrected chi connectivity index (χ1v) is 7.77. The van der Waals surface area contributed by atoms with Crippen LogP contribution >= 0.6 is 11.8 Å². The molecular weight excluding hydrogens is 250 g/mol. The zero-order valence-corrected chi connectivity index (χ0v) is 12.1. The molecule has 1 aliphatic rings. The average Bonchev–Trinajstić information content (AvgIpc) is 2.42. The third-order valence-corrected chi connectivity index (χ3v) is 4.20. The maximum absolute atomic E-state index is 12.0. The molecule has 1 atom stereocenters. The lowest BCUT2D eigenvalue weighted by atomic mass is 9.98. The van der Waals surface area contributed by atoms with Gasteiger partial charge in [0.15, 0.2) is 0 Å². The fourth-order valence-corrected chi connectivity index (χ4v) is 3.05. The van der Waals surface area contributed by atoms with E-state index in [0.29, 0.717) is 12.3 Å². The lowest BCUT2D eigenvalue weighted by Gasteiger charge is -2.31. The minimum atomic E-state index is -0.189. The molecule has 0 aliphatic carbocycles. The van der Waals surface area contributed by atoms with Gasteiger partial charge in [0.2, 0.25) is 5.91 Å². The normalized spacial score (nSPS) is 19.7. The van der Waals surface area contributed by atoms with Gasteiger partial charge in [-0.1, -0.05) is 13.3 Å². The number of carbonyl (C=O) groups excluding carboxylic acids is 2. The highest BCUT2D eigenvalue weighted by Crippen LogP contribution is 2.18. The van der Waals surface area contributed by atoms with Crippen molar-refractivity contribution in [1.29, 1.82) is 0 Å². The van der Waals surface area contributed by atoms with E-state index in [1.807, 2.05) is 4.90 Å². The molecule has 0 bridgehead atoms. The van der Waals surface area contributed by atoms with Crippen LogP contribution in [-0.2, 0) is 14.3 Å². The average molecular weight is 273 g/mol. The van der Waals surface area contributed by atoms with Crippen molar-refractivity contribution < 1.29 is 14.3 Å². The maximum atomic E-state index is 12.0. The molecule has 0 N–H and O–H groups in total. The Morgan fingerprint density at radius 2 is 2.22 bits per heavy atom. The number of nitrogens with zero attached hydrogens (tertiary/aromatic N) is 1. The van der Waals surface area contributed by atoms with Crippen LogP contribution in [0.5, 0.6) is 0 Å². The number of hydrogen-bond acceptors (Lipinski definition) is 4. The minimum Gasteiger partial charge on any atom is -0.469 e. The first-order chi connectivity index (χ1) is 8.69. The lowest BCUT2D eigenvalue weighted by molar-refractivity contribution is -0.148. The molecule has 1 rings (SSSR count). The van der Waals surface area contributed by atoms with Crippen molar-refractivity contribution >= 4 is 23.6 Å². The van der Waals surface area contributed by atoms with Crippen LogP contribution < -0.4 is 0 Å². The van der Waals surface area contributed by atoms with Crippen LogP contribution in [0, 0.1) is 5.92 Å². The Morgan fingerprint density at radius 1 is 1.44 bits per heavy atom. The quantitative estimate of drug-likeness (QED) is 0.548. The predicted molar refractivity (Wildman–Crippen MR) is 73.6 cm³/mol. The summed E-state index contributed by atoms with van der Waals surface area (Å²) in [5.41, 5.74) is 0. The summed E-state index contributed by atoms with van der Waals surface area (Å²) in [4.78, 5) is 25.2. The fraction of sp³-hybridized carbons (Fsp3) is 0.846. The van der Waals surface area contributed by atoms with E-state index in [2.05, 4.69) is 6.92 Å². The van der Waals surface area contributed by atoms with Crippen LogP contribution in [0.1, 0.15) is 32.6 Å². The van der Waals surface area contributed by atoms with Crippen molar-refractivity contribution in [2.75, 3.05) is 31.7 Å². The third kappa shape index (κ3) is 4.88. The van der Waals surface area contributed by atoms with Crippen LogP contribution in [0.4, 0.5) is 0 Å². The summed E-state index contributed by atoms with van der Waals surface area (Å²) >= 11 is 1.69. The molecule has 1 fully saturated rings. The highest BCUT2D eigenvalue weighted by Gasteiger charge is 2.28. The van der Waals surface area contributed by atoms with E-state index in [-0.39, 0.29) is 17.8 Å². The molecule has 1 aliphatic heterocycles. The van der Waals surface area contributed by atoms with E-state index in [1.54, 1.807) is 11.8 Å². The lowest BCUT2D eigenvalue weighted by Crippen LogP contribution is -2.43. The third-order valence-electron chi connectivity index (χ3n) is 3.18. The number of thioether (sulfide) groups is 1. The topological polar surface area (TPSA) is 46.6 Å². The molecule has 0 aromatic rings. The molecule has 1 unspecified atom stereocenters. The van der Waals surface area contributed by atoms with Gasteiger partial charge in [0.25, 0.3) is 0 Å². The van der Waals surface area contributed by atoms with Crippen LogP contribution in [0.25, 0.3) is 0 Å². The molecule has 5 heteroatoms. The second-order valence-corrected chi connectivity index (χ2v) is 5.71. The van der Waals surface area contributed by atoms with Crippen molar-refractivity contribution in [3.05, 3.63) is 0 Å². The molecule has 0 saturated carbocycles. The first kappa shape index (κ1) is 15.3. The van der Waals surface area contributed by atoms with E-state index in [4.69, 9.17) is 4.74 Å². The van der Waals surface area contributed by atoms with Gasteiger partial charge in [-0.15, -0.1) is 0 Å². The largest absolute Gasteiger partial charge is 0.469 e. The molecule has 1 saturated heterocycles. The summed E-state index contributed by atoms with van der Waals surface area (Å²) < 4.78 is 4.75. The van der Waals surface area contributed by atoms with E-state index in [1.165, 1.54) is 7.11 Å². The number of piperidine rings is 1. The van der Waals surface area contributed by atoms with E-state index >= 15 is 0 Å². The number of esters is 1. The van der Waals surface area contributed by atoms with Crippen molar-refractivity contribution in [3.63, 3.8) is 0 Å². The van der Waals surface area contributed by atoms with Gasteiger partial charge in [-0.25, -0.2) is 0 Å². The number of carbonyl (C=O) groups is 2. The first-order valence-electron chi connectivity index (χ1n) is 6.62. The number of hydrogen-bond donors (Lipinski definition) is 0. The number of likely N-dealkylation sites (tertiary alicyclic amines) is 1. The Hall–Kier alpha value is -0.710. The Kier molecular flexibility index (Phi) is 7.16. The highest BCUT2D eigenvalue weighted by atomic mass is 32.2. The summed E-state index contributed by atoms with van der Waals surface area (Å²) in [5, 5.41) is 0. The molecule has 1 amide bonds. The van der Waals surface area contributed by atoms with Crippen LogP contribution in [0.2, 0.25) is 0 Å². The molecule has 4 nitrogen and oxygen atoms in total. The molecular formula is C13H23NO3S. The fourth-order valence-electron chi connectivity index (χ4n) is 2.06. The van der Waals surface area contributed by atoms with Crippen LogP contribution in [0.3, 0.4) is 0 Å². The summed E-state index contributed by atoms with van der Waals surface area (Å²) in [5.74, 6) is 1.41. The zero-order valence-electron chi connectivity index (χ0n) is 11.3. The predicted octanol–water partition coefficient (Wildman–Crippen LogP) is 1.93. The summed E-state index contributed by atoms with van der Waals surface area (Å²) in [6.07, 6.45) is 4.04. The van der Waals surface area contributed by atoms with Gasteiger partial charge in [0, 0.05) is 13.1 Å². The van der Waals surface area contributed by atoms with Crippen molar-refractivity contribution in [1.82, 2.24) is 4.90 Å². The smallest absolute Gasteiger partial charge is 0.310 e. The molecule has 0 aromatic carbocycles. The van der Waals surface area contributed by atoms with Gasteiger partial charge in [-0.3, -0.25) is 9.59 Å². The van der Waals surface area contributed by atoms with Gasteiger partial charge >= 0.3 is 5.97 Å². The minimum absolute atomic E-state index is 0.131. The number of amides is 1. The highest BCUT2D eigenvalue weighted by molar-refractivity contribution is 7.99. The Morgan fingerprint density at radius 3 is 2.89 bits per heavy atom. The number of unbranched alkanes of at least 4 members (excludes halogenated alkanes) is 1. The van der Waals surface area contributed by atoms with Crippen molar-refractivity contribution in [2.45, 2.75) is 32.6 Å². The summed E-state index contributed by atoms with van der Waals surface area (Å²) in [6.45, 7) is 3.45.